The minimum Gasteiger partial charge on any atom is -0.490 e. The fourth-order valence-electron chi connectivity index (χ4n) is 3.68. The number of amides is 1. The van der Waals surface area contributed by atoms with Gasteiger partial charge in [0.15, 0.2) is 5.75 Å². The van der Waals surface area contributed by atoms with Crippen LogP contribution in [-0.2, 0) is 0 Å². The first kappa shape index (κ1) is 19.9. The lowest BCUT2D eigenvalue weighted by Crippen LogP contribution is -2.48. The number of nitro benzene ring substituents is 1. The van der Waals surface area contributed by atoms with Crippen LogP contribution >= 0.6 is 11.6 Å². The van der Waals surface area contributed by atoms with Crippen LogP contribution in [0.15, 0.2) is 48.7 Å². The summed E-state index contributed by atoms with van der Waals surface area (Å²) in [7, 11) is 1.36. The molecule has 2 aromatic carbocycles. The van der Waals surface area contributed by atoms with Crippen LogP contribution in [0.5, 0.6) is 5.75 Å². The maximum Gasteiger partial charge on any atom is 0.311 e. The van der Waals surface area contributed by atoms with Crippen molar-refractivity contribution < 1.29 is 14.5 Å². The molecule has 3 aromatic rings. The number of nitrogens with zero attached hydrogens (tertiary/aromatic N) is 4. The molecule has 1 aromatic heterocycles. The number of fused-ring (bicyclic) bond motifs is 1. The van der Waals surface area contributed by atoms with E-state index in [9.17, 15) is 14.9 Å². The first-order chi connectivity index (χ1) is 14.5. The number of hydrogen-bond donors (Lipinski definition) is 0. The van der Waals surface area contributed by atoms with E-state index in [4.69, 9.17) is 16.3 Å². The van der Waals surface area contributed by atoms with Crippen LogP contribution in [0.4, 0.5) is 11.4 Å². The smallest absolute Gasteiger partial charge is 0.311 e. The maximum absolute atomic E-state index is 12.9. The third kappa shape index (κ3) is 3.73. The van der Waals surface area contributed by atoms with Crippen molar-refractivity contribution in [2.24, 2.45) is 0 Å². The maximum atomic E-state index is 12.9. The highest BCUT2D eigenvalue weighted by atomic mass is 35.5. The standard InChI is InChI=1S/C21H19ClN4O4/c1-30-20-5-2-14(12-19(20)26(28)29)21(27)25-10-8-24(9-11-25)18-6-7-23-17-13-15(22)3-4-16(17)18/h2-7,12-13H,8-11H2,1H3. The van der Waals surface area contributed by atoms with E-state index in [-0.39, 0.29) is 22.9 Å². The van der Waals surface area contributed by atoms with E-state index in [2.05, 4.69) is 9.88 Å². The Morgan fingerprint density at radius 3 is 2.60 bits per heavy atom. The summed E-state index contributed by atoms with van der Waals surface area (Å²) in [5, 5.41) is 12.9. The van der Waals surface area contributed by atoms with Gasteiger partial charge < -0.3 is 14.5 Å². The molecule has 2 heterocycles. The molecule has 0 unspecified atom stereocenters. The Bertz CT molecular complexity index is 1130. The highest BCUT2D eigenvalue weighted by Crippen LogP contribution is 2.30. The average Bonchev–Trinajstić information content (AvgIpc) is 2.77. The van der Waals surface area contributed by atoms with Gasteiger partial charge in [-0.1, -0.05) is 11.6 Å². The number of rotatable bonds is 4. The van der Waals surface area contributed by atoms with Crippen LogP contribution in [0, 0.1) is 10.1 Å². The molecule has 30 heavy (non-hydrogen) atoms. The number of nitro groups is 1. The number of benzene rings is 2. The summed E-state index contributed by atoms with van der Waals surface area (Å²) < 4.78 is 5.01. The Hall–Kier alpha value is -3.39. The zero-order valence-corrected chi connectivity index (χ0v) is 17.0. The number of halogens is 1. The van der Waals surface area contributed by atoms with Gasteiger partial charge in [-0.2, -0.15) is 0 Å². The molecule has 0 saturated carbocycles. The number of hydrogen-bond acceptors (Lipinski definition) is 6. The number of pyridine rings is 1. The van der Waals surface area contributed by atoms with Crippen molar-refractivity contribution in [3.8, 4) is 5.75 Å². The molecule has 0 aliphatic carbocycles. The van der Waals surface area contributed by atoms with Crippen LogP contribution in [-0.4, -0.2) is 54.0 Å². The van der Waals surface area contributed by atoms with E-state index in [1.165, 1.54) is 19.2 Å². The quantitative estimate of drug-likeness (QED) is 0.466. The van der Waals surface area contributed by atoms with Crippen molar-refractivity contribution in [2.75, 3.05) is 38.2 Å². The van der Waals surface area contributed by atoms with E-state index in [0.717, 1.165) is 16.6 Å². The van der Waals surface area contributed by atoms with Gasteiger partial charge in [0, 0.05) is 60.1 Å². The van der Waals surface area contributed by atoms with Crippen LogP contribution in [0.3, 0.4) is 0 Å². The third-order valence-corrected chi connectivity index (χ3v) is 5.45. The number of methoxy groups -OCH3 is 1. The average molecular weight is 427 g/mol. The van der Waals surface area contributed by atoms with Crippen molar-refractivity contribution >= 4 is 39.8 Å². The van der Waals surface area contributed by atoms with Gasteiger partial charge in [-0.05, 0) is 36.4 Å². The Kier molecular flexibility index (Phi) is 5.41. The van der Waals surface area contributed by atoms with Crippen molar-refractivity contribution in [2.45, 2.75) is 0 Å². The zero-order valence-electron chi connectivity index (χ0n) is 16.2. The zero-order chi connectivity index (χ0) is 21.3. The molecule has 1 aliphatic rings. The Labute approximate surface area is 177 Å². The molecule has 0 N–H and O–H groups in total. The monoisotopic (exact) mass is 426 g/mol. The second kappa shape index (κ2) is 8.16. The Balaban J connectivity index is 1.51. The van der Waals surface area contributed by atoms with Crippen LogP contribution in [0.1, 0.15) is 10.4 Å². The summed E-state index contributed by atoms with van der Waals surface area (Å²) in [5.41, 5.74) is 1.93. The van der Waals surface area contributed by atoms with Gasteiger partial charge >= 0.3 is 5.69 Å². The molecule has 9 heteroatoms. The highest BCUT2D eigenvalue weighted by Gasteiger charge is 2.25. The third-order valence-electron chi connectivity index (χ3n) is 5.21. The molecule has 4 rings (SSSR count). The van der Waals surface area contributed by atoms with Gasteiger partial charge in [-0.15, -0.1) is 0 Å². The van der Waals surface area contributed by atoms with Gasteiger partial charge in [-0.3, -0.25) is 19.9 Å². The van der Waals surface area contributed by atoms with E-state index >= 15 is 0 Å². The van der Waals surface area contributed by atoms with E-state index < -0.39 is 4.92 Å². The molecule has 0 atom stereocenters. The fourth-order valence-corrected chi connectivity index (χ4v) is 3.85. The van der Waals surface area contributed by atoms with Crippen LogP contribution in [0.2, 0.25) is 5.02 Å². The number of anilines is 1. The number of carbonyl (C=O) groups excluding carboxylic acids is 1. The van der Waals surface area contributed by atoms with Crippen molar-refractivity contribution in [1.82, 2.24) is 9.88 Å². The molecule has 154 valence electrons. The van der Waals surface area contributed by atoms with E-state index in [1.54, 1.807) is 17.2 Å². The van der Waals surface area contributed by atoms with Gasteiger partial charge in [0.25, 0.3) is 5.91 Å². The largest absolute Gasteiger partial charge is 0.490 e. The van der Waals surface area contributed by atoms with Crippen LogP contribution in [0.25, 0.3) is 10.9 Å². The minimum atomic E-state index is -0.547. The number of piperazine rings is 1. The molecule has 1 saturated heterocycles. The molecular formula is C21H19ClN4O4. The fraction of sp³-hybridized carbons (Fsp3) is 0.238. The molecule has 1 amide bonds. The SMILES string of the molecule is COc1ccc(C(=O)N2CCN(c3ccnc4cc(Cl)ccc34)CC2)cc1[N+](=O)[O-]. The Morgan fingerprint density at radius 1 is 1.13 bits per heavy atom. The first-order valence-electron chi connectivity index (χ1n) is 9.39. The highest BCUT2D eigenvalue weighted by molar-refractivity contribution is 6.31. The van der Waals surface area contributed by atoms with Gasteiger partial charge in [0.05, 0.1) is 17.5 Å². The second-order valence-corrected chi connectivity index (χ2v) is 7.35. The van der Waals surface area contributed by atoms with Crippen LogP contribution < -0.4 is 9.64 Å². The molecule has 0 spiro atoms. The summed E-state index contributed by atoms with van der Waals surface area (Å²) in [6.07, 6.45) is 1.75. The molecule has 1 fully saturated rings. The molecular weight excluding hydrogens is 408 g/mol. The lowest BCUT2D eigenvalue weighted by atomic mass is 10.1. The van der Waals surface area contributed by atoms with Crippen molar-refractivity contribution in [1.29, 1.82) is 0 Å². The van der Waals surface area contributed by atoms with Crippen molar-refractivity contribution in [3.05, 3.63) is 69.4 Å². The van der Waals surface area contributed by atoms with Gasteiger partial charge in [0.2, 0.25) is 0 Å². The second-order valence-electron chi connectivity index (χ2n) is 6.91. The molecule has 8 nitrogen and oxygen atoms in total. The van der Waals surface area contributed by atoms with E-state index in [0.29, 0.717) is 31.2 Å². The number of ether oxygens (including phenoxy) is 1. The molecule has 0 bridgehead atoms. The van der Waals surface area contributed by atoms with Gasteiger partial charge in [-0.25, -0.2) is 0 Å². The van der Waals surface area contributed by atoms with Gasteiger partial charge in [0.1, 0.15) is 0 Å². The lowest BCUT2D eigenvalue weighted by molar-refractivity contribution is -0.385. The summed E-state index contributed by atoms with van der Waals surface area (Å²) in [4.78, 5) is 31.9. The molecule has 0 radical (unpaired) electrons. The van der Waals surface area contributed by atoms with E-state index in [1.807, 2.05) is 24.3 Å². The summed E-state index contributed by atoms with van der Waals surface area (Å²) >= 11 is 6.07. The first-order valence-corrected chi connectivity index (χ1v) is 9.76. The normalized spacial score (nSPS) is 14.1. The Morgan fingerprint density at radius 2 is 1.90 bits per heavy atom. The topological polar surface area (TPSA) is 88.8 Å². The number of carbonyl (C=O) groups is 1. The summed E-state index contributed by atoms with van der Waals surface area (Å²) in [6, 6.07) is 11.9. The summed E-state index contributed by atoms with van der Waals surface area (Å²) in [6.45, 7) is 2.31. The number of aromatic nitrogens is 1. The van der Waals surface area contributed by atoms with Crippen molar-refractivity contribution in [3.63, 3.8) is 0 Å². The summed E-state index contributed by atoms with van der Waals surface area (Å²) in [5.74, 6) is -0.0993. The predicted octanol–water partition coefficient (Wildman–Crippen LogP) is 3.77. The lowest BCUT2D eigenvalue weighted by Gasteiger charge is -2.36. The molecule has 1 aliphatic heterocycles. The predicted molar refractivity (Wildman–Crippen MR) is 115 cm³/mol. The minimum absolute atomic E-state index is 0.131.